The molecule has 0 aromatic carbocycles. The summed E-state index contributed by atoms with van der Waals surface area (Å²) < 4.78 is 0. The molecular weight excluding hydrogens is 978 g/mol. The van der Waals surface area contributed by atoms with Gasteiger partial charge in [-0.15, -0.1) is 6.04 Å². The molecule has 0 aliphatic heterocycles. The second kappa shape index (κ2) is 44.7. The Morgan fingerprint density at radius 2 is 1.22 bits per heavy atom. The van der Waals surface area contributed by atoms with E-state index in [1.54, 1.807) is 0 Å². The quantitative estimate of drug-likeness (QED) is 0.368. The molecule has 0 heterocycles. The Balaban J connectivity index is -0.0000000235. The maximum atomic E-state index is 11.2. The van der Waals surface area contributed by atoms with E-state index in [4.69, 9.17) is 0 Å². The van der Waals surface area contributed by atoms with Gasteiger partial charge in [-0.3, -0.25) is 12.3 Å². The van der Waals surface area contributed by atoms with Crippen LogP contribution in [-0.2, 0) is 304 Å². The Bertz CT molecular complexity index is 210. The van der Waals surface area contributed by atoms with Gasteiger partial charge in [0.15, 0.2) is 0 Å². The van der Waals surface area contributed by atoms with E-state index < -0.39 is 6.04 Å². The van der Waals surface area contributed by atoms with Crippen LogP contribution in [0.2, 0.25) is 0 Å². The van der Waals surface area contributed by atoms with Crippen molar-refractivity contribution in [1.82, 2.24) is 0 Å². The molecule has 0 spiro atoms. The van der Waals surface area contributed by atoms with E-state index in [-0.39, 0.29) is 312 Å². The van der Waals surface area contributed by atoms with Gasteiger partial charge in [-0.05, 0) is 5.92 Å². The molecule has 0 saturated heterocycles. The number of ketones is 1. The molecule has 0 aliphatic carbocycles. The Labute approximate surface area is 369 Å². The SMILES string of the molecule is CC(C)[N-]C([C-]=O)C[CH-]C(=O)C(C)C.[Y].[Y].[Y].[Y].[Y].[Y].[Y].[Y].[Y]. The molecule has 0 saturated carbocycles. The molecular formula is C11H18NO2Y9-3. The van der Waals surface area contributed by atoms with Crippen LogP contribution in [0, 0.1) is 12.3 Å². The fourth-order valence-corrected chi connectivity index (χ4v) is 0.963. The summed E-state index contributed by atoms with van der Waals surface area (Å²) in [5.41, 5.74) is 0. The second-order valence-corrected chi connectivity index (χ2v) is 3.87. The van der Waals surface area contributed by atoms with E-state index >= 15 is 0 Å². The molecule has 9 radical (unpaired) electrons. The number of Topliss-reactive ketones (excluding diaryl/α,β-unsaturated/α-hetero) is 1. The minimum absolute atomic E-state index is 0. The van der Waals surface area contributed by atoms with E-state index in [0.717, 1.165) is 0 Å². The van der Waals surface area contributed by atoms with Crippen molar-refractivity contribution in [1.29, 1.82) is 0 Å². The van der Waals surface area contributed by atoms with Crippen LogP contribution >= 0.6 is 0 Å². The van der Waals surface area contributed by atoms with Crippen LogP contribution in [0.15, 0.2) is 0 Å². The third-order valence-electron chi connectivity index (χ3n) is 1.73. The average Bonchev–Trinajstić information content (AvgIpc) is 2.10. The van der Waals surface area contributed by atoms with E-state index in [9.17, 15) is 9.59 Å². The standard InChI is InChI=1S/C11H18NO2.9Y/c1-8(2)11(14)6-5-10(7-13)12-9(3)4;;;;;;;;;/h6,8-10H,5H2,1-4H3;;;;;;;;;/q-3;;;;;;;;;. The van der Waals surface area contributed by atoms with Crippen molar-refractivity contribution in [2.45, 2.75) is 46.2 Å². The summed E-state index contributed by atoms with van der Waals surface area (Å²) in [5.74, 6) is 0.0468. The normalized spacial score (nSPS) is 7.91. The zero-order chi connectivity index (χ0) is 11.1. The number of rotatable bonds is 7. The van der Waals surface area contributed by atoms with Crippen LogP contribution in [0.1, 0.15) is 34.1 Å². The van der Waals surface area contributed by atoms with Crippen LogP contribution in [-0.4, -0.2) is 24.2 Å². The fourth-order valence-electron chi connectivity index (χ4n) is 0.963. The van der Waals surface area contributed by atoms with Crippen LogP contribution in [0.3, 0.4) is 0 Å². The van der Waals surface area contributed by atoms with E-state index in [0.29, 0.717) is 6.42 Å². The van der Waals surface area contributed by atoms with E-state index in [1.165, 1.54) is 6.42 Å². The topological polar surface area (TPSA) is 48.2 Å². The van der Waals surface area contributed by atoms with E-state index in [1.807, 2.05) is 34.0 Å². The minimum atomic E-state index is -0.488. The van der Waals surface area contributed by atoms with Crippen molar-refractivity contribution >= 4 is 12.1 Å². The first-order valence-corrected chi connectivity index (χ1v) is 4.92. The number of nitrogens with zero attached hydrogens (tertiary/aromatic N) is 1. The molecule has 0 N–H and O–H groups in total. The van der Waals surface area contributed by atoms with Gasteiger partial charge < -0.3 is 21.3 Å². The molecule has 0 amide bonds. The van der Waals surface area contributed by atoms with Crippen molar-refractivity contribution in [3.63, 3.8) is 0 Å². The monoisotopic (exact) mass is 996 g/mol. The summed E-state index contributed by atoms with van der Waals surface area (Å²) in [7, 11) is 0. The summed E-state index contributed by atoms with van der Waals surface area (Å²) in [6, 6.07) is -0.387. The Hall–Kier alpha value is 9.11. The molecule has 0 fully saturated rings. The third-order valence-corrected chi connectivity index (χ3v) is 1.73. The largest absolute Gasteiger partial charge is 0.682 e. The predicted molar refractivity (Wildman–Crippen MR) is 56.7 cm³/mol. The Morgan fingerprint density at radius 1 is 0.870 bits per heavy atom. The molecule has 0 bridgehead atoms. The van der Waals surface area contributed by atoms with Gasteiger partial charge in [0.1, 0.15) is 0 Å². The Morgan fingerprint density at radius 3 is 1.43 bits per heavy atom. The molecule has 0 aliphatic rings. The van der Waals surface area contributed by atoms with Gasteiger partial charge in [0, 0.05) is 300 Å². The summed E-state index contributed by atoms with van der Waals surface area (Å²) in [4.78, 5) is 21.7. The zero-order valence-electron chi connectivity index (χ0n) is 14.5. The van der Waals surface area contributed by atoms with Crippen molar-refractivity contribution in [3.05, 3.63) is 11.7 Å². The van der Waals surface area contributed by atoms with Gasteiger partial charge in [-0.2, -0.15) is 0 Å². The van der Waals surface area contributed by atoms with Crippen molar-refractivity contribution in [2.75, 3.05) is 0 Å². The van der Waals surface area contributed by atoms with E-state index in [2.05, 4.69) is 5.32 Å². The molecule has 0 aromatic heterocycles. The van der Waals surface area contributed by atoms with Crippen molar-refractivity contribution < 1.29 is 304 Å². The van der Waals surface area contributed by atoms with Gasteiger partial charge in [0.05, 0.1) is 0 Å². The summed E-state index contributed by atoms with van der Waals surface area (Å²) in [6.07, 6.45) is 3.74. The molecule has 3 nitrogen and oxygen atoms in total. The second-order valence-electron chi connectivity index (χ2n) is 3.87. The zero-order valence-corrected chi connectivity index (χ0v) is 40.0. The molecule has 0 rings (SSSR count). The van der Waals surface area contributed by atoms with Gasteiger partial charge in [-0.1, -0.05) is 27.7 Å². The van der Waals surface area contributed by atoms with Crippen molar-refractivity contribution in [3.8, 4) is 0 Å². The number of hydrogen-bond acceptors (Lipinski definition) is 2. The number of hydrogen-bond donors (Lipinski definition) is 0. The first-order valence-electron chi connectivity index (χ1n) is 4.92. The first-order chi connectivity index (χ1) is 6.47. The van der Waals surface area contributed by atoms with Crippen LogP contribution in [0.4, 0.5) is 0 Å². The van der Waals surface area contributed by atoms with Gasteiger partial charge in [0.2, 0.25) is 0 Å². The molecule has 1 unspecified atom stereocenters. The first kappa shape index (κ1) is 63.6. The Kier molecular flexibility index (Phi) is 124. The summed E-state index contributed by atoms with van der Waals surface area (Å²) >= 11 is 0. The van der Waals surface area contributed by atoms with Crippen LogP contribution in [0.25, 0.3) is 5.32 Å². The van der Waals surface area contributed by atoms with Gasteiger partial charge >= 0.3 is 0 Å². The number of carbonyl (C=O) groups excluding carboxylic acids is 2. The average molecular weight is 996 g/mol. The van der Waals surface area contributed by atoms with Crippen LogP contribution in [0.5, 0.6) is 0 Å². The summed E-state index contributed by atoms with van der Waals surface area (Å²) in [6.45, 7) is 7.46. The minimum Gasteiger partial charge on any atom is -0.682 e. The van der Waals surface area contributed by atoms with Gasteiger partial charge in [-0.25, -0.2) is 6.42 Å². The predicted octanol–water partition coefficient (Wildman–Crippen LogP) is 2.04. The maximum Gasteiger partial charge on any atom is 0.00127 e. The maximum absolute atomic E-state index is 11.2. The molecule has 23 heavy (non-hydrogen) atoms. The summed E-state index contributed by atoms with van der Waals surface area (Å²) in [5, 5.41) is 4.12. The smallest absolute Gasteiger partial charge is 0.00127 e. The number of carbonyl (C=O) groups is 1. The molecule has 0 aromatic rings. The molecule has 109 valence electrons. The van der Waals surface area contributed by atoms with Crippen molar-refractivity contribution in [2.24, 2.45) is 5.92 Å². The molecule has 12 heteroatoms. The van der Waals surface area contributed by atoms with Crippen LogP contribution < -0.4 is 0 Å². The fraction of sp³-hybridized carbons (Fsp3) is 0.727. The third kappa shape index (κ3) is 45.3. The molecule has 1 atom stereocenters. The van der Waals surface area contributed by atoms with Gasteiger partial charge in [0.25, 0.3) is 0 Å².